The maximum absolute atomic E-state index is 5.21. The van der Waals surface area contributed by atoms with E-state index >= 15 is 0 Å². The number of fused-ring (bicyclic) bond motifs is 8. The number of benzene rings is 8. The lowest BCUT2D eigenvalue weighted by Gasteiger charge is -2.23. The van der Waals surface area contributed by atoms with Crippen LogP contribution in [0.5, 0.6) is 0 Å². The molecule has 0 saturated carbocycles. The van der Waals surface area contributed by atoms with E-state index in [0.717, 1.165) is 16.7 Å². The number of aromatic nitrogens is 3. The van der Waals surface area contributed by atoms with Gasteiger partial charge >= 0.3 is 0 Å². The van der Waals surface area contributed by atoms with Gasteiger partial charge < -0.3 is 0 Å². The fraction of sp³-hybridized carbons (Fsp3) is 0.0600. The lowest BCUT2D eigenvalue weighted by Crippen LogP contribution is -2.15. The Balaban J connectivity index is 1.11. The zero-order valence-corrected chi connectivity index (χ0v) is 30.7. The average molecular weight is 708 g/mol. The summed E-state index contributed by atoms with van der Waals surface area (Å²) in [6.07, 6.45) is 0. The van der Waals surface area contributed by atoms with Crippen molar-refractivity contribution in [2.24, 2.45) is 0 Å². The highest BCUT2D eigenvalue weighted by Gasteiger charge is 2.38. The van der Waals surface area contributed by atoms with Gasteiger partial charge in [0.05, 0.1) is 0 Å². The Kier molecular flexibility index (Phi) is 6.77. The van der Waals surface area contributed by atoms with E-state index in [4.69, 9.17) is 15.0 Å². The minimum absolute atomic E-state index is 0.251. The van der Waals surface area contributed by atoms with Crippen molar-refractivity contribution in [1.29, 1.82) is 0 Å². The van der Waals surface area contributed by atoms with E-state index in [0.29, 0.717) is 17.5 Å². The van der Waals surface area contributed by atoms with Crippen LogP contribution in [-0.2, 0) is 5.41 Å². The Morgan fingerprint density at radius 2 is 1.00 bits per heavy atom. The summed E-state index contributed by atoms with van der Waals surface area (Å²) >= 11 is 1.82. The van der Waals surface area contributed by atoms with E-state index in [1.807, 2.05) is 29.5 Å². The van der Waals surface area contributed by atoms with Gasteiger partial charge in [-0.15, -0.1) is 11.3 Å². The molecule has 0 spiro atoms. The fourth-order valence-electron chi connectivity index (χ4n) is 8.54. The molecule has 2 heterocycles. The summed E-state index contributed by atoms with van der Waals surface area (Å²) in [7, 11) is 0. The number of nitrogens with zero attached hydrogens (tertiary/aromatic N) is 3. The molecule has 1 aliphatic rings. The van der Waals surface area contributed by atoms with Crippen molar-refractivity contribution in [3.05, 3.63) is 175 Å². The molecule has 0 fully saturated rings. The van der Waals surface area contributed by atoms with E-state index < -0.39 is 0 Å². The maximum Gasteiger partial charge on any atom is 0.164 e. The maximum atomic E-state index is 5.21. The van der Waals surface area contributed by atoms with Crippen LogP contribution in [0.25, 0.3) is 98.1 Å². The SMILES string of the molecule is CC1(C)c2cc(-c3nc(-c4ccccc4)nc(-c4ccc5sc6ccccc6c5c4)n3)ccc2-c2c1cc1ccccc1c2-c1ccc2ccccc2c1. The molecule has 0 N–H and O–H groups in total. The number of hydrogen-bond donors (Lipinski definition) is 0. The van der Waals surface area contributed by atoms with Gasteiger partial charge in [0.1, 0.15) is 0 Å². The quantitative estimate of drug-likeness (QED) is 0.183. The van der Waals surface area contributed by atoms with Crippen molar-refractivity contribution >= 4 is 53.1 Å². The van der Waals surface area contributed by atoms with Gasteiger partial charge in [0.2, 0.25) is 0 Å². The minimum Gasteiger partial charge on any atom is -0.208 e. The van der Waals surface area contributed by atoms with Gasteiger partial charge in [-0.05, 0) is 97.4 Å². The van der Waals surface area contributed by atoms with E-state index in [-0.39, 0.29) is 5.41 Å². The molecule has 0 radical (unpaired) electrons. The summed E-state index contributed by atoms with van der Waals surface area (Å²) in [6.45, 7) is 4.71. The van der Waals surface area contributed by atoms with Crippen LogP contribution in [0.3, 0.4) is 0 Å². The average Bonchev–Trinajstić information content (AvgIpc) is 3.71. The standard InChI is InChI=1S/C50H33N3S/c1-50(2)41-29-36(22-24-39(41)46-42(50)28-33-16-8-9-17-37(33)45(46)34-21-20-30-12-6-7-15-32(30)26-34)49-52-47(31-13-4-3-5-14-31)51-48(53-49)35-23-25-44-40(27-35)38-18-10-11-19-43(38)54-44/h3-29H,1-2H3. The lowest BCUT2D eigenvalue weighted by atomic mass is 9.80. The zero-order chi connectivity index (χ0) is 36.0. The van der Waals surface area contributed by atoms with Crippen molar-refractivity contribution in [3.63, 3.8) is 0 Å². The highest BCUT2D eigenvalue weighted by molar-refractivity contribution is 7.25. The predicted molar refractivity (Wildman–Crippen MR) is 227 cm³/mol. The molecular weight excluding hydrogens is 675 g/mol. The monoisotopic (exact) mass is 707 g/mol. The van der Waals surface area contributed by atoms with Gasteiger partial charge in [0.15, 0.2) is 17.5 Å². The van der Waals surface area contributed by atoms with E-state index in [1.165, 1.54) is 75.1 Å². The summed E-state index contributed by atoms with van der Waals surface area (Å²) in [5.41, 5.74) is 10.4. The number of hydrogen-bond acceptors (Lipinski definition) is 4. The molecule has 8 aromatic carbocycles. The second kappa shape index (κ2) is 11.8. The van der Waals surface area contributed by atoms with Gasteiger partial charge in [0.25, 0.3) is 0 Å². The zero-order valence-electron chi connectivity index (χ0n) is 29.8. The van der Waals surface area contributed by atoms with E-state index in [2.05, 4.69) is 159 Å². The highest BCUT2D eigenvalue weighted by atomic mass is 32.1. The van der Waals surface area contributed by atoms with Crippen LogP contribution in [0.1, 0.15) is 25.0 Å². The molecule has 0 aliphatic heterocycles. The third-order valence-electron chi connectivity index (χ3n) is 11.3. The van der Waals surface area contributed by atoms with Gasteiger partial charge in [-0.1, -0.05) is 135 Å². The van der Waals surface area contributed by atoms with Crippen molar-refractivity contribution in [2.75, 3.05) is 0 Å². The molecule has 10 aromatic rings. The second-order valence-corrected chi connectivity index (χ2v) is 15.9. The Morgan fingerprint density at radius 1 is 0.389 bits per heavy atom. The van der Waals surface area contributed by atoms with Crippen molar-refractivity contribution < 1.29 is 0 Å². The Morgan fingerprint density at radius 3 is 1.81 bits per heavy atom. The van der Waals surface area contributed by atoms with Crippen LogP contribution in [0.4, 0.5) is 0 Å². The predicted octanol–water partition coefficient (Wildman–Crippen LogP) is 13.5. The van der Waals surface area contributed by atoms with Gasteiger partial charge in [-0.3, -0.25) is 0 Å². The van der Waals surface area contributed by atoms with Crippen LogP contribution in [0, 0.1) is 0 Å². The smallest absolute Gasteiger partial charge is 0.164 e. The molecule has 254 valence electrons. The first-order chi connectivity index (χ1) is 26.5. The van der Waals surface area contributed by atoms with Crippen LogP contribution in [0.15, 0.2) is 164 Å². The Labute approximate surface area is 317 Å². The number of thiophene rings is 1. The summed E-state index contributed by atoms with van der Waals surface area (Å²) in [5, 5.41) is 7.50. The fourth-order valence-corrected chi connectivity index (χ4v) is 9.63. The first kappa shape index (κ1) is 31.1. The molecule has 0 saturated heterocycles. The van der Waals surface area contributed by atoms with Crippen molar-refractivity contribution in [1.82, 2.24) is 15.0 Å². The molecule has 3 nitrogen and oxygen atoms in total. The number of rotatable bonds is 4. The second-order valence-electron chi connectivity index (χ2n) is 14.8. The molecule has 0 unspecified atom stereocenters. The van der Waals surface area contributed by atoms with Gasteiger partial charge in [-0.2, -0.15) is 0 Å². The molecule has 4 heteroatoms. The lowest BCUT2D eigenvalue weighted by molar-refractivity contribution is 0.661. The molecule has 54 heavy (non-hydrogen) atoms. The van der Waals surface area contributed by atoms with Crippen molar-refractivity contribution in [2.45, 2.75) is 19.3 Å². The Bertz CT molecular complexity index is 3140. The van der Waals surface area contributed by atoms with Gasteiger partial charge in [0, 0.05) is 42.3 Å². The molecule has 1 aliphatic carbocycles. The first-order valence-corrected chi connectivity index (χ1v) is 19.3. The van der Waals surface area contributed by atoms with Crippen LogP contribution < -0.4 is 0 Å². The summed E-state index contributed by atoms with van der Waals surface area (Å²) < 4.78 is 2.54. The molecular formula is C50H33N3S. The molecule has 11 rings (SSSR count). The molecule has 0 atom stereocenters. The Hall–Kier alpha value is -6.49. The van der Waals surface area contributed by atoms with Crippen LogP contribution in [0.2, 0.25) is 0 Å². The summed E-state index contributed by atoms with van der Waals surface area (Å²) in [5.74, 6) is 2.01. The normalized spacial score (nSPS) is 13.1. The minimum atomic E-state index is -0.251. The molecule has 2 aromatic heterocycles. The summed E-state index contributed by atoms with van der Waals surface area (Å²) in [6, 6.07) is 59.0. The van der Waals surface area contributed by atoms with E-state index in [9.17, 15) is 0 Å². The molecule has 0 bridgehead atoms. The highest BCUT2D eigenvalue weighted by Crippen LogP contribution is 2.55. The summed E-state index contributed by atoms with van der Waals surface area (Å²) in [4.78, 5) is 15.4. The third-order valence-corrected chi connectivity index (χ3v) is 12.4. The van der Waals surface area contributed by atoms with E-state index in [1.54, 1.807) is 0 Å². The third kappa shape index (κ3) is 4.77. The topological polar surface area (TPSA) is 38.7 Å². The van der Waals surface area contributed by atoms with Crippen LogP contribution >= 0.6 is 11.3 Å². The van der Waals surface area contributed by atoms with Gasteiger partial charge in [-0.25, -0.2) is 15.0 Å². The van der Waals surface area contributed by atoms with Crippen LogP contribution in [-0.4, -0.2) is 15.0 Å². The molecule has 0 amide bonds. The largest absolute Gasteiger partial charge is 0.208 e. The first-order valence-electron chi connectivity index (χ1n) is 18.4. The van der Waals surface area contributed by atoms with Crippen molar-refractivity contribution in [3.8, 4) is 56.4 Å².